The fraction of sp³-hybridized carbons (Fsp3) is 0.500. The maximum Gasteiger partial charge on any atom is 0.340 e. The molecular weight excluding hydrogens is 247 g/mol. The Bertz CT molecular complexity index is 449. The third-order valence-corrected chi connectivity index (χ3v) is 2.76. The molecule has 0 aliphatic rings. The average Bonchev–Trinajstić information content (AvgIpc) is 2.33. The van der Waals surface area contributed by atoms with E-state index < -0.39 is 11.8 Å². The van der Waals surface area contributed by atoms with Crippen molar-refractivity contribution in [1.82, 2.24) is 0 Å². The lowest BCUT2D eigenvalue weighted by Crippen LogP contribution is -2.17. The predicted octanol–water partition coefficient (Wildman–Crippen LogP) is 3.19. The number of halogens is 1. The van der Waals surface area contributed by atoms with Crippen molar-refractivity contribution in [2.24, 2.45) is 0 Å². The number of hydrogen-bond donors (Lipinski definition) is 2. The van der Waals surface area contributed by atoms with Gasteiger partial charge in [0.25, 0.3) is 0 Å². The summed E-state index contributed by atoms with van der Waals surface area (Å²) in [7, 11) is 0. The number of nitrogen functional groups attached to an aromatic ring is 1. The van der Waals surface area contributed by atoms with E-state index in [0.29, 0.717) is 0 Å². The molecule has 1 atom stereocenters. The van der Waals surface area contributed by atoms with Gasteiger partial charge >= 0.3 is 5.97 Å². The van der Waals surface area contributed by atoms with E-state index in [2.05, 4.69) is 12.2 Å². The SMILES string of the molecule is CCCC(C)Nc1cc(C(=O)OCC)c(N)cc1F. The van der Waals surface area contributed by atoms with Crippen LogP contribution in [0.5, 0.6) is 0 Å². The number of ether oxygens (including phenoxy) is 1. The van der Waals surface area contributed by atoms with Crippen LogP contribution in [0, 0.1) is 5.82 Å². The minimum Gasteiger partial charge on any atom is -0.462 e. The van der Waals surface area contributed by atoms with Crippen LogP contribution in [0.15, 0.2) is 12.1 Å². The summed E-state index contributed by atoms with van der Waals surface area (Å²) in [5, 5.41) is 3.04. The number of hydrogen-bond acceptors (Lipinski definition) is 4. The Morgan fingerprint density at radius 2 is 2.16 bits per heavy atom. The Balaban J connectivity index is 2.99. The highest BCUT2D eigenvalue weighted by Gasteiger charge is 2.16. The third kappa shape index (κ3) is 4.12. The van der Waals surface area contributed by atoms with Crippen molar-refractivity contribution >= 4 is 17.3 Å². The molecule has 0 bridgehead atoms. The van der Waals surface area contributed by atoms with Crippen molar-refractivity contribution in [3.8, 4) is 0 Å². The molecule has 0 aromatic heterocycles. The molecule has 0 spiro atoms. The Kier molecular flexibility index (Phi) is 5.60. The molecule has 4 nitrogen and oxygen atoms in total. The number of nitrogens with two attached hydrogens (primary N) is 1. The standard InChI is InChI=1S/C14H21FN2O2/c1-4-6-9(3)17-13-7-10(14(18)19-5-2)12(16)8-11(13)15/h7-9,17H,4-6,16H2,1-3H3. The summed E-state index contributed by atoms with van der Waals surface area (Å²) >= 11 is 0. The van der Waals surface area contributed by atoms with E-state index in [-0.39, 0.29) is 29.6 Å². The van der Waals surface area contributed by atoms with Crippen molar-refractivity contribution in [2.75, 3.05) is 17.7 Å². The van der Waals surface area contributed by atoms with Crippen LogP contribution in [0.3, 0.4) is 0 Å². The number of anilines is 2. The first-order chi connectivity index (χ1) is 8.99. The van der Waals surface area contributed by atoms with E-state index >= 15 is 0 Å². The van der Waals surface area contributed by atoms with Crippen LogP contribution in [0.1, 0.15) is 44.0 Å². The molecule has 19 heavy (non-hydrogen) atoms. The highest BCUT2D eigenvalue weighted by Crippen LogP contribution is 2.24. The van der Waals surface area contributed by atoms with Gasteiger partial charge in [0.05, 0.1) is 17.9 Å². The molecule has 106 valence electrons. The monoisotopic (exact) mass is 268 g/mol. The van der Waals surface area contributed by atoms with Crippen molar-refractivity contribution in [2.45, 2.75) is 39.7 Å². The van der Waals surface area contributed by atoms with Gasteiger partial charge in [-0.2, -0.15) is 0 Å². The van der Waals surface area contributed by atoms with Crippen LogP contribution in [-0.2, 0) is 4.74 Å². The summed E-state index contributed by atoms with van der Waals surface area (Å²) in [4.78, 5) is 11.7. The maximum atomic E-state index is 13.8. The highest BCUT2D eigenvalue weighted by molar-refractivity contribution is 5.96. The number of nitrogens with one attached hydrogen (secondary N) is 1. The van der Waals surface area contributed by atoms with E-state index in [1.807, 2.05) is 6.92 Å². The lowest BCUT2D eigenvalue weighted by molar-refractivity contribution is 0.0527. The van der Waals surface area contributed by atoms with Crippen molar-refractivity contribution in [1.29, 1.82) is 0 Å². The second kappa shape index (κ2) is 6.97. The van der Waals surface area contributed by atoms with Gasteiger partial charge in [-0.25, -0.2) is 9.18 Å². The molecule has 0 saturated carbocycles. The number of esters is 1. The van der Waals surface area contributed by atoms with Crippen LogP contribution in [-0.4, -0.2) is 18.6 Å². The number of rotatable bonds is 6. The van der Waals surface area contributed by atoms with Gasteiger partial charge in [-0.15, -0.1) is 0 Å². The lowest BCUT2D eigenvalue weighted by Gasteiger charge is -2.16. The molecular formula is C14H21FN2O2. The molecule has 5 heteroatoms. The number of carbonyl (C=O) groups excluding carboxylic acids is 1. The van der Waals surface area contributed by atoms with Gasteiger partial charge in [0.15, 0.2) is 0 Å². The first kappa shape index (κ1) is 15.3. The first-order valence-electron chi connectivity index (χ1n) is 6.52. The molecule has 1 aromatic carbocycles. The molecule has 1 rings (SSSR count). The molecule has 1 unspecified atom stereocenters. The summed E-state index contributed by atoms with van der Waals surface area (Å²) in [5.74, 6) is -1.00. The summed E-state index contributed by atoms with van der Waals surface area (Å²) in [6, 6.07) is 2.68. The van der Waals surface area contributed by atoms with Crippen molar-refractivity contribution in [3.63, 3.8) is 0 Å². The zero-order valence-corrected chi connectivity index (χ0v) is 11.6. The summed E-state index contributed by atoms with van der Waals surface area (Å²) < 4.78 is 18.7. The summed E-state index contributed by atoms with van der Waals surface area (Å²) in [5.41, 5.74) is 6.20. The second-order valence-electron chi connectivity index (χ2n) is 4.47. The van der Waals surface area contributed by atoms with Gasteiger partial charge in [-0.05, 0) is 32.4 Å². The van der Waals surface area contributed by atoms with Crippen LogP contribution in [0.2, 0.25) is 0 Å². The molecule has 3 N–H and O–H groups in total. The maximum absolute atomic E-state index is 13.8. The smallest absolute Gasteiger partial charge is 0.340 e. The van der Waals surface area contributed by atoms with Gasteiger partial charge in [-0.1, -0.05) is 13.3 Å². The van der Waals surface area contributed by atoms with Crippen LogP contribution < -0.4 is 11.1 Å². The quantitative estimate of drug-likeness (QED) is 0.614. The third-order valence-electron chi connectivity index (χ3n) is 2.76. The number of carbonyl (C=O) groups is 1. The van der Waals surface area contributed by atoms with Gasteiger partial charge in [0.2, 0.25) is 0 Å². The average molecular weight is 268 g/mol. The lowest BCUT2D eigenvalue weighted by atomic mass is 10.1. The largest absolute Gasteiger partial charge is 0.462 e. The predicted molar refractivity (Wildman–Crippen MR) is 74.8 cm³/mol. The van der Waals surface area contributed by atoms with E-state index in [1.165, 1.54) is 6.07 Å². The molecule has 0 saturated heterocycles. The summed E-state index contributed by atoms with van der Waals surface area (Å²) in [6.45, 7) is 5.98. The van der Waals surface area contributed by atoms with Crippen LogP contribution >= 0.6 is 0 Å². The highest BCUT2D eigenvalue weighted by atomic mass is 19.1. The Hall–Kier alpha value is -1.78. The zero-order chi connectivity index (χ0) is 14.4. The fourth-order valence-corrected chi connectivity index (χ4v) is 1.86. The molecule has 0 radical (unpaired) electrons. The normalized spacial score (nSPS) is 12.0. The van der Waals surface area contributed by atoms with E-state index in [1.54, 1.807) is 6.92 Å². The molecule has 1 aromatic rings. The molecule has 0 heterocycles. The topological polar surface area (TPSA) is 64.3 Å². The van der Waals surface area contributed by atoms with Gasteiger partial charge in [0.1, 0.15) is 5.82 Å². The van der Waals surface area contributed by atoms with Crippen molar-refractivity contribution < 1.29 is 13.9 Å². The van der Waals surface area contributed by atoms with Crippen molar-refractivity contribution in [3.05, 3.63) is 23.5 Å². The fourth-order valence-electron chi connectivity index (χ4n) is 1.86. The number of benzene rings is 1. The molecule has 0 amide bonds. The Morgan fingerprint density at radius 3 is 2.74 bits per heavy atom. The molecule has 0 fully saturated rings. The van der Waals surface area contributed by atoms with Gasteiger partial charge in [0, 0.05) is 11.7 Å². The Morgan fingerprint density at radius 1 is 1.47 bits per heavy atom. The second-order valence-corrected chi connectivity index (χ2v) is 4.47. The van der Waals surface area contributed by atoms with E-state index in [9.17, 15) is 9.18 Å². The van der Waals surface area contributed by atoms with Crippen LogP contribution in [0.25, 0.3) is 0 Å². The zero-order valence-electron chi connectivity index (χ0n) is 11.6. The van der Waals surface area contributed by atoms with E-state index in [0.717, 1.165) is 18.9 Å². The minimum absolute atomic E-state index is 0.0876. The molecule has 0 aliphatic carbocycles. The Labute approximate surface area is 113 Å². The van der Waals surface area contributed by atoms with Gasteiger partial charge in [-0.3, -0.25) is 0 Å². The van der Waals surface area contributed by atoms with E-state index in [4.69, 9.17) is 10.5 Å². The first-order valence-corrected chi connectivity index (χ1v) is 6.52. The minimum atomic E-state index is -0.536. The summed E-state index contributed by atoms with van der Waals surface area (Å²) in [6.07, 6.45) is 1.91. The van der Waals surface area contributed by atoms with Gasteiger partial charge < -0.3 is 15.8 Å². The molecule has 0 aliphatic heterocycles. The van der Waals surface area contributed by atoms with Crippen LogP contribution in [0.4, 0.5) is 15.8 Å².